The Morgan fingerprint density at radius 2 is 1.75 bits per heavy atom. The first-order valence-corrected chi connectivity index (χ1v) is 10.1. The van der Waals surface area contributed by atoms with Crippen molar-refractivity contribution in [3.8, 4) is 0 Å². The Bertz CT molecular complexity index is 847. The summed E-state index contributed by atoms with van der Waals surface area (Å²) in [7, 11) is 0. The number of anilines is 2. The van der Waals surface area contributed by atoms with E-state index in [4.69, 9.17) is 11.6 Å². The molecule has 2 aromatic carbocycles. The molecule has 0 saturated heterocycles. The van der Waals surface area contributed by atoms with Crippen LogP contribution < -0.4 is 15.5 Å². The minimum absolute atomic E-state index is 0.310. The number of urea groups is 1. The van der Waals surface area contributed by atoms with E-state index >= 15 is 0 Å². The molecule has 2 N–H and O–H groups in total. The molecule has 1 aliphatic rings. The van der Waals surface area contributed by atoms with Crippen molar-refractivity contribution in [3.05, 3.63) is 48.0 Å². The van der Waals surface area contributed by atoms with Crippen molar-refractivity contribution in [1.29, 1.82) is 0 Å². The van der Waals surface area contributed by atoms with Crippen molar-refractivity contribution < 1.29 is 18.0 Å². The van der Waals surface area contributed by atoms with Crippen LogP contribution in [0.15, 0.2) is 52.3 Å². The number of rotatable bonds is 6. The van der Waals surface area contributed by atoms with E-state index in [-0.39, 0.29) is 6.03 Å². The number of amides is 2. The van der Waals surface area contributed by atoms with Crippen molar-refractivity contribution in [2.75, 3.05) is 30.4 Å². The molecule has 0 atom stereocenters. The highest BCUT2D eigenvalue weighted by Gasteiger charge is 2.33. The maximum Gasteiger partial charge on any atom is 0.416 e. The molecule has 0 radical (unpaired) electrons. The van der Waals surface area contributed by atoms with Crippen LogP contribution in [0.1, 0.15) is 12.0 Å². The predicted molar refractivity (Wildman–Crippen MR) is 106 cm³/mol. The lowest BCUT2D eigenvalue weighted by atomic mass is 10.1. The van der Waals surface area contributed by atoms with Crippen molar-refractivity contribution in [2.45, 2.75) is 22.4 Å². The van der Waals surface area contributed by atoms with Gasteiger partial charge in [-0.3, -0.25) is 0 Å². The molecular weight excluding hydrogens is 411 g/mol. The Morgan fingerprint density at radius 1 is 1.04 bits per heavy atom. The zero-order valence-corrected chi connectivity index (χ0v) is 16.4. The second-order valence-corrected chi connectivity index (χ2v) is 7.59. The number of benzene rings is 2. The van der Waals surface area contributed by atoms with E-state index in [0.717, 1.165) is 21.5 Å². The van der Waals surface area contributed by atoms with Crippen LogP contribution in [0, 0.1) is 0 Å². The van der Waals surface area contributed by atoms with Gasteiger partial charge in [0.15, 0.2) is 0 Å². The van der Waals surface area contributed by atoms with E-state index < -0.39 is 11.7 Å². The molecule has 0 bridgehead atoms. The summed E-state index contributed by atoms with van der Waals surface area (Å²) in [6.45, 7) is 1.24. The van der Waals surface area contributed by atoms with Crippen LogP contribution in [-0.2, 0) is 6.18 Å². The number of halogens is 4. The number of nitrogens with one attached hydrogen (secondary N) is 2. The molecule has 2 amide bonds. The minimum Gasteiger partial charge on any atom is -0.340 e. The third-order valence-electron chi connectivity index (χ3n) is 4.18. The maximum atomic E-state index is 13.2. The van der Waals surface area contributed by atoms with Gasteiger partial charge in [-0.25, -0.2) is 4.79 Å². The minimum atomic E-state index is -4.40. The van der Waals surface area contributed by atoms with Gasteiger partial charge >= 0.3 is 12.2 Å². The van der Waals surface area contributed by atoms with Gasteiger partial charge in [0.2, 0.25) is 0 Å². The number of carbonyl (C=O) groups excluding carboxylic acids is 1. The lowest BCUT2D eigenvalue weighted by Gasteiger charge is -2.33. The van der Waals surface area contributed by atoms with Crippen molar-refractivity contribution in [3.63, 3.8) is 0 Å². The second kappa shape index (κ2) is 8.96. The quantitative estimate of drug-likeness (QED) is 0.487. The molecule has 0 fully saturated rings. The molecule has 9 heteroatoms. The lowest BCUT2D eigenvalue weighted by Crippen LogP contribution is -2.37. The number of alkyl halides is 4. The number of nitrogens with zero attached hydrogens (tertiary/aromatic N) is 1. The van der Waals surface area contributed by atoms with E-state index in [0.29, 0.717) is 37.6 Å². The molecule has 3 rings (SSSR count). The first kappa shape index (κ1) is 20.7. The van der Waals surface area contributed by atoms with E-state index in [1.54, 1.807) is 0 Å². The van der Waals surface area contributed by atoms with Crippen LogP contribution in [0.25, 0.3) is 0 Å². The van der Waals surface area contributed by atoms with Gasteiger partial charge in [-0.05, 0) is 36.8 Å². The summed E-state index contributed by atoms with van der Waals surface area (Å²) in [5.74, 6) is 0.327. The number of fused-ring (bicyclic) bond motifs is 2. The fourth-order valence-corrected chi connectivity index (χ4v) is 4.08. The Balaban J connectivity index is 1.77. The zero-order valence-electron chi connectivity index (χ0n) is 14.9. The molecule has 0 aliphatic carbocycles. The summed E-state index contributed by atoms with van der Waals surface area (Å²) >= 11 is 6.98. The molecule has 0 unspecified atom stereocenters. The third-order valence-corrected chi connectivity index (χ3v) is 5.50. The van der Waals surface area contributed by atoms with Crippen LogP contribution in [0.4, 0.5) is 29.3 Å². The average Bonchev–Trinajstić information content (AvgIpc) is 2.67. The second-order valence-electron chi connectivity index (χ2n) is 6.13. The van der Waals surface area contributed by atoms with E-state index in [9.17, 15) is 18.0 Å². The van der Waals surface area contributed by atoms with Crippen LogP contribution in [-0.4, -0.2) is 31.5 Å². The first-order valence-electron chi connectivity index (χ1n) is 8.73. The topological polar surface area (TPSA) is 44.4 Å². The summed E-state index contributed by atoms with van der Waals surface area (Å²) in [5.41, 5.74) is 0.728. The van der Waals surface area contributed by atoms with Crippen molar-refractivity contribution in [1.82, 2.24) is 10.6 Å². The predicted octanol–water partition coefficient (Wildman–Crippen LogP) is 5.24. The third kappa shape index (κ3) is 4.86. The van der Waals surface area contributed by atoms with E-state index in [2.05, 4.69) is 10.6 Å². The molecule has 1 heterocycles. The molecule has 28 heavy (non-hydrogen) atoms. The Hall–Kier alpha value is -2.06. The molecule has 1 aliphatic heterocycles. The molecular formula is C19H19ClF3N3OS. The normalized spacial score (nSPS) is 12.9. The SMILES string of the molecule is O=C(NCCCl)NCCCN1c2ccccc2Sc2ccc(C(F)(F)F)cc21. The van der Waals surface area contributed by atoms with Crippen LogP contribution >= 0.6 is 23.4 Å². The number of para-hydroxylation sites is 1. The highest BCUT2D eigenvalue weighted by atomic mass is 35.5. The average molecular weight is 430 g/mol. The van der Waals surface area contributed by atoms with E-state index in [1.165, 1.54) is 23.9 Å². The number of carbonyl (C=O) groups is 1. The number of hydrogen-bond acceptors (Lipinski definition) is 3. The highest BCUT2D eigenvalue weighted by molar-refractivity contribution is 7.99. The highest BCUT2D eigenvalue weighted by Crippen LogP contribution is 2.49. The van der Waals surface area contributed by atoms with Gasteiger partial charge in [0.25, 0.3) is 0 Å². The maximum absolute atomic E-state index is 13.2. The molecule has 150 valence electrons. The Labute approximate surface area is 170 Å². The van der Waals surface area contributed by atoms with Crippen LogP contribution in [0.3, 0.4) is 0 Å². The van der Waals surface area contributed by atoms with Crippen LogP contribution in [0.2, 0.25) is 0 Å². The summed E-state index contributed by atoms with van der Waals surface area (Å²) < 4.78 is 39.6. The monoisotopic (exact) mass is 429 g/mol. The summed E-state index contributed by atoms with van der Waals surface area (Å²) in [5, 5.41) is 5.32. The molecule has 2 aromatic rings. The smallest absolute Gasteiger partial charge is 0.340 e. The summed E-state index contributed by atoms with van der Waals surface area (Å²) in [4.78, 5) is 15.2. The lowest BCUT2D eigenvalue weighted by molar-refractivity contribution is -0.137. The summed E-state index contributed by atoms with van der Waals surface area (Å²) in [6, 6.07) is 11.1. The Morgan fingerprint density at radius 3 is 2.50 bits per heavy atom. The molecule has 4 nitrogen and oxygen atoms in total. The fourth-order valence-electron chi connectivity index (χ4n) is 2.91. The van der Waals surface area contributed by atoms with Gasteiger partial charge in [-0.2, -0.15) is 13.2 Å². The van der Waals surface area contributed by atoms with Gasteiger partial charge in [-0.1, -0.05) is 23.9 Å². The molecule has 0 aromatic heterocycles. The fraction of sp³-hybridized carbons (Fsp3) is 0.316. The van der Waals surface area contributed by atoms with Gasteiger partial charge in [0.1, 0.15) is 0 Å². The molecule has 0 saturated carbocycles. The molecule has 0 spiro atoms. The largest absolute Gasteiger partial charge is 0.416 e. The van der Waals surface area contributed by atoms with Crippen LogP contribution in [0.5, 0.6) is 0 Å². The zero-order chi connectivity index (χ0) is 20.1. The van der Waals surface area contributed by atoms with Crippen molar-refractivity contribution >= 4 is 40.8 Å². The van der Waals surface area contributed by atoms with Crippen molar-refractivity contribution in [2.24, 2.45) is 0 Å². The Kier molecular flexibility index (Phi) is 6.61. The van der Waals surface area contributed by atoms with E-state index in [1.807, 2.05) is 29.2 Å². The number of hydrogen-bond donors (Lipinski definition) is 2. The van der Waals surface area contributed by atoms with Gasteiger partial charge in [0, 0.05) is 35.3 Å². The van der Waals surface area contributed by atoms with Gasteiger partial charge in [-0.15, -0.1) is 11.6 Å². The standard InChI is InChI=1S/C19H19ClF3N3OS/c20-8-10-25-18(27)24-9-3-11-26-14-4-1-2-5-16(14)28-17-7-6-13(12-15(17)26)19(21,22)23/h1-2,4-7,12H,3,8-11H2,(H2,24,25,27). The summed E-state index contributed by atoms with van der Waals surface area (Å²) in [6.07, 6.45) is -3.83. The van der Waals surface area contributed by atoms with Gasteiger partial charge < -0.3 is 15.5 Å². The van der Waals surface area contributed by atoms with Gasteiger partial charge in [0.05, 0.1) is 16.9 Å². The first-order chi connectivity index (χ1) is 13.4.